The number of ether oxygens (including phenoxy) is 1. The minimum absolute atomic E-state index is 0.0837. The number of carbonyl (C=O) groups is 1. The summed E-state index contributed by atoms with van der Waals surface area (Å²) in [5, 5.41) is 0. The Hall–Kier alpha value is -1.01. The Bertz CT molecular complexity index is 298. The van der Waals surface area contributed by atoms with Crippen LogP contribution in [0.5, 0.6) is 0 Å². The molecule has 0 unspecified atom stereocenters. The summed E-state index contributed by atoms with van der Waals surface area (Å²) < 4.78 is 4.95. The predicted molar refractivity (Wildman–Crippen MR) is 62.9 cm³/mol. The van der Waals surface area contributed by atoms with Crippen molar-refractivity contribution in [2.75, 3.05) is 0 Å². The van der Waals surface area contributed by atoms with Gasteiger partial charge < -0.3 is 16.2 Å². The fourth-order valence-electron chi connectivity index (χ4n) is 0.495. The van der Waals surface area contributed by atoms with E-state index < -0.39 is 11.6 Å². The maximum absolute atomic E-state index is 11.2. The van der Waals surface area contributed by atoms with E-state index in [4.69, 9.17) is 40.6 Å². The topological polar surface area (TPSA) is 78.3 Å². The zero-order chi connectivity index (χ0) is 11.5. The van der Waals surface area contributed by atoms with Crippen LogP contribution in [0.4, 0.5) is 0 Å². The summed E-state index contributed by atoms with van der Waals surface area (Å²) >= 11 is 9.43. The molecule has 4 nitrogen and oxygen atoms in total. The first-order valence-corrected chi connectivity index (χ1v) is 4.52. The van der Waals surface area contributed by atoms with Crippen molar-refractivity contribution in [1.82, 2.24) is 0 Å². The van der Waals surface area contributed by atoms with Gasteiger partial charge in [0.1, 0.15) is 9.98 Å². The fourth-order valence-corrected chi connectivity index (χ4v) is 0.862. The van der Waals surface area contributed by atoms with Gasteiger partial charge in [0.05, 0.1) is 0 Å². The van der Waals surface area contributed by atoms with Crippen LogP contribution in [-0.4, -0.2) is 21.5 Å². The molecule has 0 rings (SSSR count). The van der Waals surface area contributed by atoms with Gasteiger partial charge in [-0.3, -0.25) is 0 Å². The normalized spacial score (nSPS) is 10.4. The average Bonchev–Trinajstić information content (AvgIpc) is 2.02. The molecule has 0 saturated carbocycles. The van der Waals surface area contributed by atoms with Gasteiger partial charge in [0.25, 0.3) is 0 Å². The van der Waals surface area contributed by atoms with Crippen molar-refractivity contribution in [2.45, 2.75) is 19.4 Å². The third-order valence-corrected chi connectivity index (χ3v) is 2.36. The smallest absolute Gasteiger partial charge is 0.334 e. The highest BCUT2D eigenvalue weighted by molar-refractivity contribution is 7.82. The highest BCUT2D eigenvalue weighted by Gasteiger charge is 2.35. The van der Waals surface area contributed by atoms with Crippen LogP contribution in [0.25, 0.3) is 0 Å². The van der Waals surface area contributed by atoms with Gasteiger partial charge in [0, 0.05) is 5.57 Å². The van der Waals surface area contributed by atoms with E-state index in [1.165, 1.54) is 13.8 Å². The summed E-state index contributed by atoms with van der Waals surface area (Å²) in [6, 6.07) is 0. The van der Waals surface area contributed by atoms with Gasteiger partial charge in [0.15, 0.2) is 0 Å². The molecule has 0 aliphatic carbocycles. The summed E-state index contributed by atoms with van der Waals surface area (Å²) in [6.07, 6.45) is 0. The van der Waals surface area contributed by atoms with Crippen LogP contribution in [0, 0.1) is 0 Å². The first-order chi connectivity index (χ1) is 6.21. The van der Waals surface area contributed by atoms with E-state index in [9.17, 15) is 4.79 Å². The molecule has 0 saturated heterocycles. The standard InChI is InChI=1S/C8H12N2O2S2/c1-4(2)5(11)12-8(3,6(9)13)7(10)14/h1H2,2-3H3,(H2,9,13)(H2,10,14). The number of nitrogens with two attached hydrogens (primary N) is 2. The van der Waals surface area contributed by atoms with Crippen molar-refractivity contribution in [1.29, 1.82) is 0 Å². The second-order valence-electron chi connectivity index (χ2n) is 2.93. The molecule has 0 aromatic carbocycles. The summed E-state index contributed by atoms with van der Waals surface area (Å²) in [4.78, 5) is 11.0. The Morgan fingerprint density at radius 1 is 1.36 bits per heavy atom. The molecular weight excluding hydrogens is 220 g/mol. The lowest BCUT2D eigenvalue weighted by atomic mass is 10.1. The van der Waals surface area contributed by atoms with Crippen molar-refractivity contribution < 1.29 is 9.53 Å². The lowest BCUT2D eigenvalue weighted by molar-refractivity contribution is -0.143. The molecule has 6 heteroatoms. The monoisotopic (exact) mass is 232 g/mol. The maximum Gasteiger partial charge on any atom is 0.334 e. The molecule has 0 atom stereocenters. The second-order valence-corrected chi connectivity index (χ2v) is 3.81. The lowest BCUT2D eigenvalue weighted by Gasteiger charge is -2.26. The molecule has 0 aliphatic heterocycles. The quantitative estimate of drug-likeness (QED) is 0.416. The molecule has 0 amide bonds. The van der Waals surface area contributed by atoms with Crippen molar-refractivity contribution in [3.8, 4) is 0 Å². The Kier molecular flexibility index (Phi) is 4.15. The number of rotatable bonds is 4. The van der Waals surface area contributed by atoms with Gasteiger partial charge in [-0.05, 0) is 13.8 Å². The van der Waals surface area contributed by atoms with Crippen LogP contribution in [0.2, 0.25) is 0 Å². The van der Waals surface area contributed by atoms with Gasteiger partial charge >= 0.3 is 5.97 Å². The molecule has 0 spiro atoms. The molecule has 0 aromatic heterocycles. The number of hydrogen-bond donors (Lipinski definition) is 2. The third kappa shape index (κ3) is 2.74. The zero-order valence-corrected chi connectivity index (χ0v) is 9.63. The molecule has 0 radical (unpaired) electrons. The second kappa shape index (κ2) is 4.47. The first kappa shape index (κ1) is 13.0. The number of esters is 1. The number of thiocarbonyl (C=S) groups is 2. The van der Waals surface area contributed by atoms with Gasteiger partial charge in [-0.1, -0.05) is 31.0 Å². The molecule has 0 aliphatic rings. The van der Waals surface area contributed by atoms with Crippen molar-refractivity contribution in [3.63, 3.8) is 0 Å². The average molecular weight is 232 g/mol. The van der Waals surface area contributed by atoms with Crippen LogP contribution in [0.3, 0.4) is 0 Å². The molecule has 0 aromatic rings. The van der Waals surface area contributed by atoms with E-state index in [-0.39, 0.29) is 15.6 Å². The molecule has 0 heterocycles. The number of carbonyl (C=O) groups excluding carboxylic acids is 1. The molecular formula is C8H12N2O2S2. The largest absolute Gasteiger partial charge is 0.441 e. The van der Waals surface area contributed by atoms with Crippen LogP contribution in [0.15, 0.2) is 12.2 Å². The van der Waals surface area contributed by atoms with E-state index in [0.717, 1.165) is 0 Å². The van der Waals surface area contributed by atoms with Crippen LogP contribution in [-0.2, 0) is 9.53 Å². The Balaban J connectivity index is 4.89. The van der Waals surface area contributed by atoms with Crippen LogP contribution < -0.4 is 11.5 Å². The van der Waals surface area contributed by atoms with Crippen LogP contribution in [0.1, 0.15) is 13.8 Å². The summed E-state index contributed by atoms with van der Waals surface area (Å²) in [7, 11) is 0. The van der Waals surface area contributed by atoms with E-state index in [1.807, 2.05) is 0 Å². The molecule has 0 fully saturated rings. The Labute approximate surface area is 93.3 Å². The summed E-state index contributed by atoms with van der Waals surface area (Å²) in [5.41, 5.74) is 9.59. The molecule has 78 valence electrons. The Morgan fingerprint density at radius 3 is 1.93 bits per heavy atom. The van der Waals surface area contributed by atoms with E-state index >= 15 is 0 Å². The van der Waals surface area contributed by atoms with Crippen molar-refractivity contribution >= 4 is 40.4 Å². The van der Waals surface area contributed by atoms with Gasteiger partial charge in [0.2, 0.25) is 5.60 Å². The van der Waals surface area contributed by atoms with E-state index in [0.29, 0.717) is 0 Å². The first-order valence-electron chi connectivity index (χ1n) is 3.70. The lowest BCUT2D eigenvalue weighted by Crippen LogP contribution is -2.53. The summed E-state index contributed by atoms with van der Waals surface area (Å²) in [5.74, 6) is -0.631. The minimum Gasteiger partial charge on any atom is -0.441 e. The zero-order valence-electron chi connectivity index (χ0n) is 7.99. The summed E-state index contributed by atoms with van der Waals surface area (Å²) in [6.45, 7) is 6.36. The van der Waals surface area contributed by atoms with Gasteiger partial charge in [-0.15, -0.1) is 0 Å². The van der Waals surface area contributed by atoms with Crippen LogP contribution >= 0.6 is 24.4 Å². The highest BCUT2D eigenvalue weighted by atomic mass is 32.1. The van der Waals surface area contributed by atoms with Gasteiger partial charge in [-0.25, -0.2) is 4.79 Å². The highest BCUT2D eigenvalue weighted by Crippen LogP contribution is 2.13. The third-order valence-electron chi connectivity index (χ3n) is 1.59. The molecule has 4 N–H and O–H groups in total. The predicted octanol–water partition coefficient (Wildman–Crippen LogP) is 0.437. The van der Waals surface area contributed by atoms with Crippen molar-refractivity contribution in [2.24, 2.45) is 11.5 Å². The van der Waals surface area contributed by atoms with E-state index in [1.54, 1.807) is 0 Å². The van der Waals surface area contributed by atoms with E-state index in [2.05, 4.69) is 6.58 Å². The minimum atomic E-state index is -1.39. The van der Waals surface area contributed by atoms with Gasteiger partial charge in [-0.2, -0.15) is 0 Å². The molecule has 14 heavy (non-hydrogen) atoms. The molecule has 0 bridgehead atoms. The van der Waals surface area contributed by atoms with Crippen molar-refractivity contribution in [3.05, 3.63) is 12.2 Å². The SMILES string of the molecule is C=C(C)C(=O)OC(C)(C(N)=S)C(N)=S. The number of hydrogen-bond acceptors (Lipinski definition) is 4. The maximum atomic E-state index is 11.2. The fraction of sp³-hybridized carbons (Fsp3) is 0.375. The Morgan fingerprint density at radius 2 is 1.71 bits per heavy atom.